The van der Waals surface area contributed by atoms with Gasteiger partial charge in [0.2, 0.25) is 5.91 Å². The summed E-state index contributed by atoms with van der Waals surface area (Å²) < 4.78 is 14.2. The Balaban J connectivity index is 2.08. The number of carbonyl (C=O) groups excluding carboxylic acids is 1. The Morgan fingerprint density at radius 3 is 2.90 bits per heavy atom. The van der Waals surface area contributed by atoms with E-state index in [2.05, 4.69) is 31.5 Å². The molecule has 0 bridgehead atoms. The molecular formula is C14H15BrFN3O. The zero-order chi connectivity index (χ0) is 14.5. The number of carbonyl (C=O) groups is 1. The molecule has 0 aliphatic heterocycles. The van der Waals surface area contributed by atoms with Crippen LogP contribution in [-0.4, -0.2) is 24.0 Å². The third kappa shape index (κ3) is 3.66. The van der Waals surface area contributed by atoms with Crippen molar-refractivity contribution in [3.8, 4) is 0 Å². The summed E-state index contributed by atoms with van der Waals surface area (Å²) in [6.45, 7) is 2.74. The minimum Gasteiger partial charge on any atom is -0.369 e. The Morgan fingerprint density at radius 2 is 2.15 bits per heavy atom. The van der Waals surface area contributed by atoms with Gasteiger partial charge in [0.25, 0.3) is 0 Å². The second-order valence-corrected chi connectivity index (χ2v) is 5.26. The lowest BCUT2D eigenvalue weighted by Gasteiger charge is -2.10. The molecule has 6 heteroatoms. The summed E-state index contributed by atoms with van der Waals surface area (Å²) >= 11 is 3.40. The Morgan fingerprint density at radius 1 is 1.35 bits per heavy atom. The standard InChI is InChI=1S/C14H15BrFN3O/c1-9(20)17-5-2-6-18-14-12-7-10(16)3-4-11(12)13(15)8-19-14/h3-4,7-8H,2,5-6H2,1H3,(H,17,20)(H,18,19). The highest BCUT2D eigenvalue weighted by molar-refractivity contribution is 9.10. The van der Waals surface area contributed by atoms with E-state index < -0.39 is 0 Å². The molecule has 0 radical (unpaired) electrons. The maximum absolute atomic E-state index is 13.4. The summed E-state index contributed by atoms with van der Waals surface area (Å²) in [7, 11) is 0. The Kier molecular flexibility index (Phi) is 4.89. The van der Waals surface area contributed by atoms with Gasteiger partial charge in [0.05, 0.1) is 0 Å². The number of halogens is 2. The topological polar surface area (TPSA) is 54.0 Å². The lowest BCUT2D eigenvalue weighted by Crippen LogP contribution is -2.22. The van der Waals surface area contributed by atoms with Gasteiger partial charge in [0.1, 0.15) is 11.6 Å². The van der Waals surface area contributed by atoms with E-state index in [0.717, 1.165) is 21.7 Å². The van der Waals surface area contributed by atoms with Crippen molar-refractivity contribution in [3.05, 3.63) is 34.7 Å². The van der Waals surface area contributed by atoms with E-state index >= 15 is 0 Å². The number of rotatable bonds is 5. The minimum absolute atomic E-state index is 0.0423. The predicted octanol–water partition coefficient (Wildman–Crippen LogP) is 3.07. The molecule has 106 valence electrons. The van der Waals surface area contributed by atoms with E-state index in [1.165, 1.54) is 19.1 Å². The summed E-state index contributed by atoms with van der Waals surface area (Å²) in [5.74, 6) is 0.309. The van der Waals surface area contributed by atoms with Gasteiger partial charge in [-0.25, -0.2) is 9.37 Å². The first kappa shape index (κ1) is 14.7. The number of hydrogen-bond acceptors (Lipinski definition) is 3. The molecule has 2 N–H and O–H groups in total. The fourth-order valence-electron chi connectivity index (χ4n) is 1.88. The molecule has 4 nitrogen and oxygen atoms in total. The van der Waals surface area contributed by atoms with Crippen LogP contribution in [0.15, 0.2) is 28.9 Å². The van der Waals surface area contributed by atoms with Crippen LogP contribution in [0.1, 0.15) is 13.3 Å². The van der Waals surface area contributed by atoms with Crippen molar-refractivity contribution in [1.82, 2.24) is 10.3 Å². The van der Waals surface area contributed by atoms with Gasteiger partial charge in [0, 0.05) is 41.5 Å². The molecule has 2 aromatic rings. The second kappa shape index (κ2) is 6.65. The number of hydrogen-bond donors (Lipinski definition) is 2. The molecule has 0 fully saturated rings. The molecule has 1 aromatic carbocycles. The number of nitrogens with one attached hydrogen (secondary N) is 2. The van der Waals surface area contributed by atoms with Crippen LogP contribution < -0.4 is 10.6 Å². The van der Waals surface area contributed by atoms with Crippen molar-refractivity contribution in [2.24, 2.45) is 0 Å². The van der Waals surface area contributed by atoms with Gasteiger partial charge < -0.3 is 10.6 Å². The highest BCUT2D eigenvalue weighted by Crippen LogP contribution is 2.28. The van der Waals surface area contributed by atoms with Crippen LogP contribution in [0.3, 0.4) is 0 Å². The number of pyridine rings is 1. The maximum atomic E-state index is 13.4. The average molecular weight is 340 g/mol. The summed E-state index contributed by atoms with van der Waals surface area (Å²) in [5.41, 5.74) is 0. The van der Waals surface area contributed by atoms with E-state index in [-0.39, 0.29) is 11.7 Å². The number of fused-ring (bicyclic) bond motifs is 1. The molecule has 0 aliphatic carbocycles. The van der Waals surface area contributed by atoms with Crippen molar-refractivity contribution in [2.45, 2.75) is 13.3 Å². The molecule has 1 heterocycles. The molecule has 0 unspecified atom stereocenters. The molecule has 0 aliphatic rings. The van der Waals surface area contributed by atoms with Gasteiger partial charge in [-0.3, -0.25) is 4.79 Å². The van der Waals surface area contributed by atoms with E-state index in [1.54, 1.807) is 12.3 Å². The van der Waals surface area contributed by atoms with E-state index in [1.807, 2.05) is 0 Å². The smallest absolute Gasteiger partial charge is 0.216 e. The van der Waals surface area contributed by atoms with Crippen LogP contribution in [0, 0.1) is 5.82 Å². The zero-order valence-corrected chi connectivity index (χ0v) is 12.6. The van der Waals surface area contributed by atoms with E-state index in [4.69, 9.17) is 0 Å². The van der Waals surface area contributed by atoms with Crippen LogP contribution in [-0.2, 0) is 4.79 Å². The van der Waals surface area contributed by atoms with Crippen molar-refractivity contribution in [1.29, 1.82) is 0 Å². The molecule has 1 aromatic heterocycles. The first-order valence-corrected chi connectivity index (χ1v) is 7.09. The summed E-state index contributed by atoms with van der Waals surface area (Å²) in [6.07, 6.45) is 2.46. The van der Waals surface area contributed by atoms with Crippen LogP contribution in [0.5, 0.6) is 0 Å². The normalized spacial score (nSPS) is 10.6. The van der Waals surface area contributed by atoms with Crippen LogP contribution >= 0.6 is 15.9 Å². The van der Waals surface area contributed by atoms with Crippen molar-refractivity contribution >= 4 is 38.4 Å². The molecule has 20 heavy (non-hydrogen) atoms. The van der Waals surface area contributed by atoms with Gasteiger partial charge in [-0.05, 0) is 34.5 Å². The SMILES string of the molecule is CC(=O)NCCCNc1ncc(Br)c2ccc(F)cc12. The summed E-state index contributed by atoms with van der Waals surface area (Å²) in [4.78, 5) is 15.0. The quantitative estimate of drug-likeness (QED) is 0.823. The van der Waals surface area contributed by atoms with Gasteiger partial charge in [-0.2, -0.15) is 0 Å². The number of aromatic nitrogens is 1. The Labute approximate surface area is 124 Å². The van der Waals surface area contributed by atoms with Gasteiger partial charge >= 0.3 is 0 Å². The largest absolute Gasteiger partial charge is 0.369 e. The molecule has 0 saturated carbocycles. The maximum Gasteiger partial charge on any atom is 0.216 e. The number of benzene rings is 1. The Hall–Kier alpha value is -1.69. The zero-order valence-electron chi connectivity index (χ0n) is 11.0. The fourth-order valence-corrected chi connectivity index (χ4v) is 2.33. The predicted molar refractivity (Wildman–Crippen MR) is 81.2 cm³/mol. The fraction of sp³-hybridized carbons (Fsp3) is 0.286. The molecule has 0 atom stereocenters. The van der Waals surface area contributed by atoms with E-state index in [9.17, 15) is 9.18 Å². The first-order valence-electron chi connectivity index (χ1n) is 6.30. The molecule has 2 rings (SSSR count). The Bertz CT molecular complexity index is 633. The first-order chi connectivity index (χ1) is 9.58. The third-order valence-electron chi connectivity index (χ3n) is 2.82. The lowest BCUT2D eigenvalue weighted by atomic mass is 10.1. The molecule has 1 amide bonds. The number of nitrogens with zero attached hydrogens (tertiary/aromatic N) is 1. The van der Waals surface area contributed by atoms with Crippen molar-refractivity contribution in [2.75, 3.05) is 18.4 Å². The number of anilines is 1. The highest BCUT2D eigenvalue weighted by Gasteiger charge is 2.06. The molecule has 0 saturated heterocycles. The third-order valence-corrected chi connectivity index (χ3v) is 3.45. The van der Waals surface area contributed by atoms with Crippen molar-refractivity contribution < 1.29 is 9.18 Å². The van der Waals surface area contributed by atoms with Crippen LogP contribution in [0.25, 0.3) is 10.8 Å². The highest BCUT2D eigenvalue weighted by atomic mass is 79.9. The van der Waals surface area contributed by atoms with Gasteiger partial charge in [-0.15, -0.1) is 0 Å². The van der Waals surface area contributed by atoms with Crippen LogP contribution in [0.4, 0.5) is 10.2 Å². The molecular weight excluding hydrogens is 325 g/mol. The molecule has 0 spiro atoms. The number of amides is 1. The second-order valence-electron chi connectivity index (χ2n) is 4.41. The lowest BCUT2D eigenvalue weighted by molar-refractivity contribution is -0.118. The summed E-state index contributed by atoms with van der Waals surface area (Å²) in [5, 5.41) is 7.53. The van der Waals surface area contributed by atoms with Gasteiger partial charge in [-0.1, -0.05) is 6.07 Å². The van der Waals surface area contributed by atoms with Crippen LogP contribution in [0.2, 0.25) is 0 Å². The van der Waals surface area contributed by atoms with E-state index in [0.29, 0.717) is 18.9 Å². The van der Waals surface area contributed by atoms with Gasteiger partial charge in [0.15, 0.2) is 0 Å². The minimum atomic E-state index is -0.293. The van der Waals surface area contributed by atoms with Crippen molar-refractivity contribution in [3.63, 3.8) is 0 Å². The summed E-state index contributed by atoms with van der Waals surface area (Å²) in [6, 6.07) is 4.61. The average Bonchev–Trinajstić information content (AvgIpc) is 2.40. The monoisotopic (exact) mass is 339 g/mol.